The van der Waals surface area contributed by atoms with E-state index in [4.69, 9.17) is 11.6 Å². The van der Waals surface area contributed by atoms with Crippen LogP contribution in [0.4, 0.5) is 10.1 Å². The van der Waals surface area contributed by atoms with E-state index in [-0.39, 0.29) is 5.82 Å². The third-order valence-electron chi connectivity index (χ3n) is 3.42. The number of hydrogen-bond acceptors (Lipinski definition) is 2. The minimum atomic E-state index is -0.217. The first-order valence-electron chi connectivity index (χ1n) is 6.40. The summed E-state index contributed by atoms with van der Waals surface area (Å²) in [6, 6.07) is 7.65. The second-order valence-corrected chi connectivity index (χ2v) is 5.94. The maximum atomic E-state index is 13.3. The average Bonchev–Trinajstić information content (AvgIpc) is 3.13. The molecule has 0 unspecified atom stereocenters. The van der Waals surface area contributed by atoms with Gasteiger partial charge in [0.05, 0.1) is 0 Å². The molecule has 1 aliphatic rings. The SMILES string of the molecule is Fc1ccc(N(Cc2ccsc2)C2CC2)c(CCl)c1. The van der Waals surface area contributed by atoms with Gasteiger partial charge in [0.15, 0.2) is 0 Å². The number of nitrogens with zero attached hydrogens (tertiary/aromatic N) is 1. The molecule has 0 N–H and O–H groups in total. The van der Waals surface area contributed by atoms with Gasteiger partial charge in [-0.05, 0) is 59.0 Å². The molecule has 19 heavy (non-hydrogen) atoms. The van der Waals surface area contributed by atoms with Gasteiger partial charge in [-0.3, -0.25) is 0 Å². The Morgan fingerprint density at radius 3 is 2.79 bits per heavy atom. The van der Waals surface area contributed by atoms with Gasteiger partial charge in [-0.1, -0.05) is 0 Å². The van der Waals surface area contributed by atoms with Crippen molar-refractivity contribution in [2.75, 3.05) is 4.90 Å². The van der Waals surface area contributed by atoms with Gasteiger partial charge in [-0.25, -0.2) is 4.39 Å². The van der Waals surface area contributed by atoms with Gasteiger partial charge < -0.3 is 4.90 Å². The number of alkyl halides is 1. The molecule has 0 saturated heterocycles. The van der Waals surface area contributed by atoms with E-state index in [0.717, 1.165) is 17.8 Å². The molecule has 100 valence electrons. The maximum Gasteiger partial charge on any atom is 0.123 e. The number of rotatable bonds is 5. The zero-order chi connectivity index (χ0) is 13.2. The van der Waals surface area contributed by atoms with Crippen molar-refractivity contribution in [2.24, 2.45) is 0 Å². The van der Waals surface area contributed by atoms with Crippen molar-refractivity contribution in [2.45, 2.75) is 31.3 Å². The molecule has 0 bridgehead atoms. The fraction of sp³-hybridized carbons (Fsp3) is 0.333. The van der Waals surface area contributed by atoms with Gasteiger partial charge in [0.25, 0.3) is 0 Å². The van der Waals surface area contributed by atoms with E-state index in [9.17, 15) is 4.39 Å². The Morgan fingerprint density at radius 2 is 2.16 bits per heavy atom. The number of halogens is 2. The van der Waals surface area contributed by atoms with Crippen molar-refractivity contribution in [1.82, 2.24) is 0 Å². The predicted molar refractivity (Wildman–Crippen MR) is 79.5 cm³/mol. The van der Waals surface area contributed by atoms with E-state index in [0.29, 0.717) is 11.9 Å². The molecule has 1 saturated carbocycles. The van der Waals surface area contributed by atoms with E-state index in [1.807, 2.05) is 6.07 Å². The van der Waals surface area contributed by atoms with Gasteiger partial charge in [-0.15, -0.1) is 11.6 Å². The third kappa shape index (κ3) is 2.93. The quantitative estimate of drug-likeness (QED) is 0.717. The lowest BCUT2D eigenvalue weighted by atomic mass is 10.1. The first-order chi connectivity index (χ1) is 9.28. The lowest BCUT2D eigenvalue weighted by Gasteiger charge is -2.26. The molecule has 0 amide bonds. The fourth-order valence-electron chi connectivity index (χ4n) is 2.32. The summed E-state index contributed by atoms with van der Waals surface area (Å²) in [6.07, 6.45) is 2.42. The summed E-state index contributed by atoms with van der Waals surface area (Å²) in [6.45, 7) is 0.879. The van der Waals surface area contributed by atoms with Gasteiger partial charge in [0.1, 0.15) is 5.82 Å². The van der Waals surface area contributed by atoms with Crippen LogP contribution >= 0.6 is 22.9 Å². The molecule has 1 aromatic heterocycles. The molecule has 1 aromatic carbocycles. The first-order valence-corrected chi connectivity index (χ1v) is 7.88. The molecular formula is C15H15ClFNS. The molecule has 2 aromatic rings. The Kier molecular flexibility index (Phi) is 3.76. The predicted octanol–water partition coefficient (Wildman–Crippen LogP) is 4.80. The van der Waals surface area contributed by atoms with Crippen LogP contribution < -0.4 is 4.90 Å². The van der Waals surface area contributed by atoms with Crippen LogP contribution in [0.15, 0.2) is 35.0 Å². The molecule has 3 rings (SSSR count). The van der Waals surface area contributed by atoms with Crippen LogP contribution in [0.3, 0.4) is 0 Å². The minimum Gasteiger partial charge on any atom is -0.364 e. The smallest absolute Gasteiger partial charge is 0.123 e. The Balaban J connectivity index is 1.91. The minimum absolute atomic E-state index is 0.217. The van der Waals surface area contributed by atoms with Gasteiger partial charge in [0, 0.05) is 24.2 Å². The highest BCUT2D eigenvalue weighted by molar-refractivity contribution is 7.07. The normalized spacial score (nSPS) is 14.6. The highest BCUT2D eigenvalue weighted by Crippen LogP contribution is 2.36. The Bertz CT molecular complexity index is 551. The topological polar surface area (TPSA) is 3.24 Å². The van der Waals surface area contributed by atoms with Crippen molar-refractivity contribution in [3.05, 3.63) is 52.0 Å². The summed E-state index contributed by atoms with van der Waals surface area (Å²) in [4.78, 5) is 2.36. The second kappa shape index (κ2) is 5.51. The Labute approximate surface area is 121 Å². The van der Waals surface area contributed by atoms with Gasteiger partial charge in [0.2, 0.25) is 0 Å². The lowest BCUT2D eigenvalue weighted by molar-refractivity contribution is 0.625. The lowest BCUT2D eigenvalue weighted by Crippen LogP contribution is -2.25. The van der Waals surface area contributed by atoms with Crippen LogP contribution in [0.2, 0.25) is 0 Å². The van der Waals surface area contributed by atoms with Crippen LogP contribution in [-0.4, -0.2) is 6.04 Å². The fourth-order valence-corrected chi connectivity index (χ4v) is 3.19. The molecule has 4 heteroatoms. The monoisotopic (exact) mass is 295 g/mol. The van der Waals surface area contributed by atoms with Crippen molar-refractivity contribution in [3.63, 3.8) is 0 Å². The summed E-state index contributed by atoms with van der Waals surface area (Å²) < 4.78 is 13.3. The van der Waals surface area contributed by atoms with Gasteiger partial charge in [-0.2, -0.15) is 11.3 Å². The third-order valence-corrected chi connectivity index (χ3v) is 4.44. The second-order valence-electron chi connectivity index (χ2n) is 4.90. The van der Waals surface area contributed by atoms with E-state index < -0.39 is 0 Å². The number of hydrogen-bond donors (Lipinski definition) is 0. The van der Waals surface area contributed by atoms with Crippen LogP contribution in [0.1, 0.15) is 24.0 Å². The molecule has 1 heterocycles. The van der Waals surface area contributed by atoms with Crippen LogP contribution in [0, 0.1) is 5.82 Å². The maximum absolute atomic E-state index is 13.3. The summed E-state index contributed by atoms with van der Waals surface area (Å²) in [5.74, 6) is 0.130. The van der Waals surface area contributed by atoms with Crippen LogP contribution in [-0.2, 0) is 12.4 Å². The molecule has 0 radical (unpaired) electrons. The van der Waals surface area contributed by atoms with E-state index >= 15 is 0 Å². The molecular weight excluding hydrogens is 281 g/mol. The van der Waals surface area contributed by atoms with Crippen molar-refractivity contribution < 1.29 is 4.39 Å². The molecule has 0 atom stereocenters. The molecule has 0 spiro atoms. The molecule has 1 aliphatic carbocycles. The van der Waals surface area contributed by atoms with Crippen molar-refractivity contribution in [3.8, 4) is 0 Å². The highest BCUT2D eigenvalue weighted by atomic mass is 35.5. The molecule has 0 aliphatic heterocycles. The number of thiophene rings is 1. The first kappa shape index (κ1) is 12.9. The van der Waals surface area contributed by atoms with E-state index in [1.165, 1.54) is 24.5 Å². The van der Waals surface area contributed by atoms with E-state index in [2.05, 4.69) is 21.7 Å². The summed E-state index contributed by atoms with van der Waals surface area (Å²) in [7, 11) is 0. The summed E-state index contributed by atoms with van der Waals surface area (Å²) in [5.41, 5.74) is 3.26. The summed E-state index contributed by atoms with van der Waals surface area (Å²) >= 11 is 7.67. The zero-order valence-corrected chi connectivity index (χ0v) is 12.1. The standard InChI is InChI=1S/C15H15ClFNS/c16-8-12-7-13(17)1-4-15(12)18(14-2-3-14)9-11-5-6-19-10-11/h1,4-7,10,14H,2-3,8-9H2. The zero-order valence-electron chi connectivity index (χ0n) is 10.5. The Hall–Kier alpha value is -1.06. The average molecular weight is 296 g/mol. The van der Waals surface area contributed by atoms with Crippen molar-refractivity contribution >= 4 is 28.6 Å². The number of benzene rings is 1. The van der Waals surface area contributed by atoms with Crippen LogP contribution in [0.25, 0.3) is 0 Å². The van der Waals surface area contributed by atoms with Crippen molar-refractivity contribution in [1.29, 1.82) is 0 Å². The number of anilines is 1. The largest absolute Gasteiger partial charge is 0.364 e. The van der Waals surface area contributed by atoms with Gasteiger partial charge >= 0.3 is 0 Å². The van der Waals surface area contributed by atoms with E-state index in [1.54, 1.807) is 17.4 Å². The van der Waals surface area contributed by atoms with Crippen LogP contribution in [0.5, 0.6) is 0 Å². The summed E-state index contributed by atoms with van der Waals surface area (Å²) in [5, 5.41) is 4.26. The molecule has 1 nitrogen and oxygen atoms in total. The Morgan fingerprint density at radius 1 is 1.32 bits per heavy atom. The highest BCUT2D eigenvalue weighted by Gasteiger charge is 2.30. The molecule has 1 fully saturated rings.